The van der Waals surface area contributed by atoms with E-state index in [0.717, 1.165) is 24.0 Å². The van der Waals surface area contributed by atoms with E-state index < -0.39 is 11.8 Å². The molecule has 3 rings (SSSR count). The third-order valence-corrected chi connectivity index (χ3v) is 5.08. The Kier molecular flexibility index (Phi) is 6.30. The maximum absolute atomic E-state index is 13.4. The lowest BCUT2D eigenvalue weighted by molar-refractivity contribution is -0.129. The van der Waals surface area contributed by atoms with Crippen LogP contribution in [-0.2, 0) is 9.53 Å². The van der Waals surface area contributed by atoms with E-state index in [1.54, 1.807) is 12.1 Å². The average molecular weight is 589 g/mol. The predicted octanol–water partition coefficient (Wildman–Crippen LogP) is 5.33. The first kappa shape index (κ1) is 20.0. The molecule has 138 valence electrons. The zero-order valence-electron chi connectivity index (χ0n) is 14.3. The number of cyclic esters (lactones) is 1. The summed E-state index contributed by atoms with van der Waals surface area (Å²) in [5.41, 5.74) is 2.30. The Balaban J connectivity index is 1.90. The molecule has 1 aliphatic rings. The van der Waals surface area contributed by atoms with Crippen LogP contribution in [0.3, 0.4) is 0 Å². The van der Waals surface area contributed by atoms with Crippen molar-refractivity contribution < 1.29 is 18.7 Å². The molecule has 1 aliphatic heterocycles. The standard InChI is InChI=1S/C20H14FI2NO3/c1-11(2)10-26-18-15(22)6-12(7-16(18)23)8-17-20(25)27-19(24-17)13-4-3-5-14(21)9-13/h3-9H,1,10H2,2H3/b17-8-. The smallest absolute Gasteiger partial charge is 0.363 e. The van der Waals surface area contributed by atoms with Crippen LogP contribution in [0, 0.1) is 13.0 Å². The van der Waals surface area contributed by atoms with E-state index in [-0.39, 0.29) is 11.6 Å². The molecule has 2 aromatic carbocycles. The van der Waals surface area contributed by atoms with Crippen LogP contribution in [-0.4, -0.2) is 18.5 Å². The fourth-order valence-electron chi connectivity index (χ4n) is 2.31. The summed E-state index contributed by atoms with van der Waals surface area (Å²) in [6.07, 6.45) is 1.64. The van der Waals surface area contributed by atoms with Gasteiger partial charge in [-0.3, -0.25) is 0 Å². The van der Waals surface area contributed by atoms with Crippen molar-refractivity contribution in [2.75, 3.05) is 6.61 Å². The lowest BCUT2D eigenvalue weighted by Crippen LogP contribution is -2.05. The predicted molar refractivity (Wildman–Crippen MR) is 119 cm³/mol. The van der Waals surface area contributed by atoms with Gasteiger partial charge in [-0.15, -0.1) is 0 Å². The van der Waals surface area contributed by atoms with Gasteiger partial charge >= 0.3 is 5.97 Å². The van der Waals surface area contributed by atoms with E-state index in [4.69, 9.17) is 9.47 Å². The summed E-state index contributed by atoms with van der Waals surface area (Å²) in [6, 6.07) is 9.56. The molecule has 0 atom stereocenters. The van der Waals surface area contributed by atoms with Crippen molar-refractivity contribution in [3.63, 3.8) is 0 Å². The van der Waals surface area contributed by atoms with Gasteiger partial charge in [-0.25, -0.2) is 14.2 Å². The molecular formula is C20H14FI2NO3. The number of hydrogen-bond acceptors (Lipinski definition) is 4. The number of aliphatic imine (C=N–C) groups is 1. The third kappa shape index (κ3) is 4.95. The number of carbonyl (C=O) groups is 1. The topological polar surface area (TPSA) is 47.9 Å². The molecule has 0 unspecified atom stereocenters. The number of ether oxygens (including phenoxy) is 2. The second-order valence-corrected chi connectivity index (χ2v) is 8.23. The monoisotopic (exact) mass is 589 g/mol. The highest BCUT2D eigenvalue weighted by Gasteiger charge is 2.24. The van der Waals surface area contributed by atoms with Gasteiger partial charge in [-0.1, -0.05) is 12.6 Å². The maximum Gasteiger partial charge on any atom is 0.363 e. The molecule has 7 heteroatoms. The van der Waals surface area contributed by atoms with Gasteiger partial charge in [0.2, 0.25) is 5.90 Å². The van der Waals surface area contributed by atoms with Crippen molar-refractivity contribution in [2.24, 2.45) is 4.99 Å². The first-order valence-electron chi connectivity index (χ1n) is 7.88. The van der Waals surface area contributed by atoms with Crippen LogP contribution in [0.2, 0.25) is 0 Å². The van der Waals surface area contributed by atoms with Gasteiger partial charge in [0.25, 0.3) is 0 Å². The molecule has 0 bridgehead atoms. The molecule has 0 N–H and O–H groups in total. The van der Waals surface area contributed by atoms with Gasteiger partial charge in [0.15, 0.2) is 5.70 Å². The van der Waals surface area contributed by atoms with Gasteiger partial charge in [0, 0.05) is 5.56 Å². The molecule has 0 spiro atoms. The van der Waals surface area contributed by atoms with E-state index in [2.05, 4.69) is 56.8 Å². The van der Waals surface area contributed by atoms with Crippen LogP contribution >= 0.6 is 45.2 Å². The van der Waals surface area contributed by atoms with Gasteiger partial charge in [-0.2, -0.15) is 0 Å². The summed E-state index contributed by atoms with van der Waals surface area (Å²) in [7, 11) is 0. The number of rotatable bonds is 5. The molecule has 0 saturated carbocycles. The van der Waals surface area contributed by atoms with Crippen molar-refractivity contribution >= 4 is 63.1 Å². The van der Waals surface area contributed by atoms with Gasteiger partial charge in [-0.05, 0) is 99.6 Å². The molecular weight excluding hydrogens is 575 g/mol. The zero-order valence-corrected chi connectivity index (χ0v) is 18.6. The minimum atomic E-state index is -0.568. The Labute approximate surface area is 183 Å². The first-order chi connectivity index (χ1) is 12.8. The van der Waals surface area contributed by atoms with E-state index >= 15 is 0 Å². The lowest BCUT2D eigenvalue weighted by atomic mass is 10.2. The number of carbonyl (C=O) groups excluding carboxylic acids is 1. The summed E-state index contributed by atoms with van der Waals surface area (Å²) in [5, 5.41) is 0. The quantitative estimate of drug-likeness (QED) is 0.205. The summed E-state index contributed by atoms with van der Waals surface area (Å²) >= 11 is 4.37. The zero-order chi connectivity index (χ0) is 19.6. The van der Waals surface area contributed by atoms with Crippen molar-refractivity contribution in [1.82, 2.24) is 0 Å². The Bertz CT molecular complexity index is 975. The highest BCUT2D eigenvalue weighted by Crippen LogP contribution is 2.31. The number of esters is 1. The number of benzene rings is 2. The molecule has 1 heterocycles. The highest BCUT2D eigenvalue weighted by molar-refractivity contribution is 14.1. The second kappa shape index (κ2) is 8.51. The highest BCUT2D eigenvalue weighted by atomic mass is 127. The minimum Gasteiger partial charge on any atom is -0.487 e. The summed E-state index contributed by atoms with van der Waals surface area (Å²) in [4.78, 5) is 16.3. The summed E-state index contributed by atoms with van der Waals surface area (Å²) in [5.74, 6) is -0.115. The Morgan fingerprint density at radius 3 is 2.63 bits per heavy atom. The van der Waals surface area contributed by atoms with Gasteiger partial charge < -0.3 is 9.47 Å². The largest absolute Gasteiger partial charge is 0.487 e. The Hall–Kier alpha value is -1.75. The summed E-state index contributed by atoms with van der Waals surface area (Å²) in [6.45, 7) is 6.18. The fraction of sp³-hybridized carbons (Fsp3) is 0.100. The van der Waals surface area contributed by atoms with Crippen LogP contribution in [0.25, 0.3) is 6.08 Å². The lowest BCUT2D eigenvalue weighted by Gasteiger charge is -2.11. The van der Waals surface area contributed by atoms with E-state index in [1.165, 1.54) is 18.2 Å². The molecule has 0 aromatic heterocycles. The van der Waals surface area contributed by atoms with Gasteiger partial charge in [0.1, 0.15) is 18.2 Å². The number of nitrogens with zero attached hydrogens (tertiary/aromatic N) is 1. The molecule has 0 aliphatic carbocycles. The third-order valence-electron chi connectivity index (χ3n) is 3.48. The fourth-order valence-corrected chi connectivity index (χ4v) is 4.44. The average Bonchev–Trinajstić information content (AvgIpc) is 2.94. The van der Waals surface area contributed by atoms with Crippen molar-refractivity contribution in [3.05, 3.63) is 78.3 Å². The molecule has 0 saturated heterocycles. The molecule has 2 aromatic rings. The van der Waals surface area contributed by atoms with Crippen LogP contribution < -0.4 is 4.74 Å². The molecule has 4 nitrogen and oxygen atoms in total. The number of hydrogen-bond donors (Lipinski definition) is 0. The van der Waals surface area contributed by atoms with Crippen LogP contribution in [0.4, 0.5) is 4.39 Å². The first-order valence-corrected chi connectivity index (χ1v) is 10.0. The van der Waals surface area contributed by atoms with E-state index in [9.17, 15) is 9.18 Å². The Morgan fingerprint density at radius 1 is 1.30 bits per heavy atom. The molecule has 0 radical (unpaired) electrons. The van der Waals surface area contributed by atoms with Crippen molar-refractivity contribution in [2.45, 2.75) is 6.92 Å². The normalized spacial score (nSPS) is 14.9. The van der Waals surface area contributed by atoms with Crippen LogP contribution in [0.15, 0.2) is 59.2 Å². The van der Waals surface area contributed by atoms with Crippen LogP contribution in [0.5, 0.6) is 5.75 Å². The Morgan fingerprint density at radius 2 is 2.00 bits per heavy atom. The maximum atomic E-state index is 13.4. The summed E-state index contributed by atoms with van der Waals surface area (Å²) < 4.78 is 26.1. The van der Waals surface area contributed by atoms with Crippen molar-refractivity contribution in [1.29, 1.82) is 0 Å². The molecule has 27 heavy (non-hydrogen) atoms. The van der Waals surface area contributed by atoms with Crippen molar-refractivity contribution in [3.8, 4) is 5.75 Å². The number of halogens is 3. The van der Waals surface area contributed by atoms with E-state index in [1.807, 2.05) is 19.1 Å². The SMILES string of the molecule is C=C(C)COc1c(I)cc(/C=C2\N=C(c3cccc(F)c3)OC2=O)cc1I. The van der Waals surface area contributed by atoms with Crippen LogP contribution in [0.1, 0.15) is 18.1 Å². The molecule has 0 amide bonds. The molecule has 0 fully saturated rings. The van der Waals surface area contributed by atoms with Gasteiger partial charge in [0.05, 0.1) is 7.14 Å². The minimum absolute atomic E-state index is 0.0940. The van der Waals surface area contributed by atoms with E-state index in [0.29, 0.717) is 12.2 Å². The second-order valence-electron chi connectivity index (χ2n) is 5.91.